The summed E-state index contributed by atoms with van der Waals surface area (Å²) in [6.45, 7) is 2.01. The Kier molecular flexibility index (Phi) is 2.90. The van der Waals surface area contributed by atoms with Crippen LogP contribution >= 0.6 is 0 Å². The van der Waals surface area contributed by atoms with E-state index >= 15 is 0 Å². The van der Waals surface area contributed by atoms with Gasteiger partial charge in [0.25, 0.3) is 5.91 Å². The van der Waals surface area contributed by atoms with Gasteiger partial charge in [-0.2, -0.15) is 0 Å². The molecule has 2 bridgehead atoms. The molecule has 0 aliphatic heterocycles. The molecular weight excluding hydrogens is 236 g/mol. The molecular formula is C16H22N2O. The highest BCUT2D eigenvalue weighted by Gasteiger charge is 2.49. The molecule has 19 heavy (non-hydrogen) atoms. The molecule has 2 saturated carbocycles. The van der Waals surface area contributed by atoms with Crippen LogP contribution in [-0.4, -0.2) is 17.0 Å². The molecule has 2 fully saturated rings. The predicted octanol–water partition coefficient (Wildman–Crippen LogP) is 2.53. The van der Waals surface area contributed by atoms with Gasteiger partial charge < -0.3 is 11.1 Å². The van der Waals surface area contributed by atoms with E-state index in [-0.39, 0.29) is 17.0 Å². The minimum Gasteiger partial charge on any atom is -0.347 e. The molecule has 2 aliphatic carbocycles. The van der Waals surface area contributed by atoms with Gasteiger partial charge in [-0.25, -0.2) is 0 Å². The van der Waals surface area contributed by atoms with Gasteiger partial charge in [0.1, 0.15) is 0 Å². The first kappa shape index (κ1) is 12.7. The van der Waals surface area contributed by atoms with Crippen LogP contribution < -0.4 is 11.1 Å². The van der Waals surface area contributed by atoms with E-state index in [1.54, 1.807) is 0 Å². The van der Waals surface area contributed by atoms with Gasteiger partial charge in [0.05, 0.1) is 0 Å². The number of fused-ring (bicyclic) bond motifs is 2. The monoisotopic (exact) mass is 258 g/mol. The quantitative estimate of drug-likeness (QED) is 0.856. The van der Waals surface area contributed by atoms with E-state index in [0.29, 0.717) is 0 Å². The number of carbonyl (C=O) groups excluding carboxylic acids is 1. The Morgan fingerprint density at radius 1 is 1.26 bits per heavy atom. The molecule has 1 aromatic carbocycles. The van der Waals surface area contributed by atoms with E-state index in [9.17, 15) is 4.79 Å². The maximum Gasteiger partial charge on any atom is 0.251 e. The number of aryl methyl sites for hydroxylation is 1. The molecule has 3 rings (SSSR count). The average Bonchev–Trinajstić information content (AvgIpc) is 2.59. The Morgan fingerprint density at radius 3 is 2.89 bits per heavy atom. The van der Waals surface area contributed by atoms with Crippen LogP contribution in [0.4, 0.5) is 0 Å². The van der Waals surface area contributed by atoms with Crippen molar-refractivity contribution >= 4 is 5.91 Å². The molecule has 1 amide bonds. The van der Waals surface area contributed by atoms with E-state index in [4.69, 9.17) is 5.73 Å². The third-order valence-electron chi connectivity index (χ3n) is 4.78. The number of benzene rings is 1. The lowest BCUT2D eigenvalue weighted by Crippen LogP contribution is -2.52. The highest BCUT2D eigenvalue weighted by Crippen LogP contribution is 2.46. The zero-order chi connectivity index (χ0) is 13.5. The summed E-state index contributed by atoms with van der Waals surface area (Å²) in [5.74, 6) is 0.0508. The second-order valence-electron chi connectivity index (χ2n) is 6.50. The van der Waals surface area contributed by atoms with Crippen molar-refractivity contribution in [1.29, 1.82) is 0 Å². The minimum atomic E-state index is -0.0478. The van der Waals surface area contributed by atoms with Crippen LogP contribution in [0, 0.1) is 6.92 Å². The van der Waals surface area contributed by atoms with Gasteiger partial charge in [-0.05, 0) is 57.6 Å². The van der Waals surface area contributed by atoms with Gasteiger partial charge in [0.2, 0.25) is 0 Å². The van der Waals surface area contributed by atoms with Crippen LogP contribution in [0.15, 0.2) is 24.3 Å². The molecule has 0 aromatic heterocycles. The Hall–Kier alpha value is -1.35. The summed E-state index contributed by atoms with van der Waals surface area (Å²) in [7, 11) is 0. The highest BCUT2D eigenvalue weighted by molar-refractivity contribution is 5.94. The number of hydrogen-bond acceptors (Lipinski definition) is 2. The standard InChI is InChI=1S/C16H22N2O/c1-12-4-2-5-13(10-12)14(19)18-16-7-3-6-15(17,11-16)8-9-16/h2,4-5,10H,3,6-9,11,17H2,1H3,(H,18,19). The van der Waals surface area contributed by atoms with E-state index in [2.05, 4.69) is 5.32 Å². The third kappa shape index (κ3) is 2.39. The second kappa shape index (κ2) is 4.34. The Labute approximate surface area is 114 Å². The van der Waals surface area contributed by atoms with Crippen molar-refractivity contribution in [2.45, 2.75) is 56.5 Å². The first-order chi connectivity index (χ1) is 9.00. The maximum atomic E-state index is 12.4. The molecule has 0 heterocycles. The fraction of sp³-hybridized carbons (Fsp3) is 0.562. The van der Waals surface area contributed by atoms with Crippen molar-refractivity contribution in [2.75, 3.05) is 0 Å². The van der Waals surface area contributed by atoms with Crippen LogP contribution in [0.3, 0.4) is 0 Å². The molecule has 2 unspecified atom stereocenters. The van der Waals surface area contributed by atoms with Crippen LogP contribution in [-0.2, 0) is 0 Å². The number of hydrogen-bond donors (Lipinski definition) is 2. The van der Waals surface area contributed by atoms with Gasteiger partial charge in [0.15, 0.2) is 0 Å². The molecule has 2 atom stereocenters. The predicted molar refractivity (Wildman–Crippen MR) is 76.0 cm³/mol. The summed E-state index contributed by atoms with van der Waals surface area (Å²) in [4.78, 5) is 12.4. The molecule has 0 saturated heterocycles. The van der Waals surface area contributed by atoms with Crippen molar-refractivity contribution in [1.82, 2.24) is 5.32 Å². The van der Waals surface area contributed by atoms with Crippen molar-refractivity contribution in [2.24, 2.45) is 5.73 Å². The number of nitrogens with two attached hydrogens (primary N) is 1. The molecule has 3 N–H and O–H groups in total. The highest BCUT2D eigenvalue weighted by atomic mass is 16.1. The summed E-state index contributed by atoms with van der Waals surface area (Å²) in [5.41, 5.74) is 8.17. The third-order valence-corrected chi connectivity index (χ3v) is 4.78. The lowest BCUT2D eigenvalue weighted by atomic mass is 9.79. The van der Waals surface area contributed by atoms with E-state index in [0.717, 1.165) is 49.7 Å². The topological polar surface area (TPSA) is 55.1 Å². The van der Waals surface area contributed by atoms with Crippen LogP contribution in [0.2, 0.25) is 0 Å². The average molecular weight is 258 g/mol. The van der Waals surface area contributed by atoms with Crippen LogP contribution in [0.1, 0.15) is 54.4 Å². The summed E-state index contributed by atoms with van der Waals surface area (Å²) in [5, 5.41) is 3.27. The zero-order valence-electron chi connectivity index (χ0n) is 11.5. The molecule has 1 aromatic rings. The summed E-state index contributed by atoms with van der Waals surface area (Å²) >= 11 is 0. The maximum absolute atomic E-state index is 12.4. The molecule has 0 spiro atoms. The number of nitrogens with one attached hydrogen (secondary N) is 1. The normalized spacial score (nSPS) is 33.2. The van der Waals surface area contributed by atoms with Gasteiger partial charge in [-0.15, -0.1) is 0 Å². The molecule has 3 heteroatoms. The summed E-state index contributed by atoms with van der Waals surface area (Å²) in [6.07, 6.45) is 6.32. The van der Waals surface area contributed by atoms with Crippen molar-refractivity contribution in [3.63, 3.8) is 0 Å². The first-order valence-corrected chi connectivity index (χ1v) is 7.19. The van der Waals surface area contributed by atoms with Crippen molar-refractivity contribution < 1.29 is 4.79 Å². The Balaban J connectivity index is 1.77. The van der Waals surface area contributed by atoms with Crippen molar-refractivity contribution in [3.8, 4) is 0 Å². The van der Waals surface area contributed by atoms with E-state index in [1.165, 1.54) is 0 Å². The minimum absolute atomic E-state index is 0.0296. The first-order valence-electron chi connectivity index (χ1n) is 7.19. The molecule has 3 nitrogen and oxygen atoms in total. The molecule has 2 aliphatic rings. The largest absolute Gasteiger partial charge is 0.347 e. The Bertz CT molecular complexity index is 513. The SMILES string of the molecule is Cc1cccc(C(=O)NC23CCCC(N)(CC2)C3)c1. The van der Waals surface area contributed by atoms with Gasteiger partial charge in [-0.3, -0.25) is 4.79 Å². The lowest BCUT2D eigenvalue weighted by Gasteiger charge is -2.38. The molecule has 102 valence electrons. The fourth-order valence-electron chi connectivity index (χ4n) is 3.81. The van der Waals surface area contributed by atoms with E-state index < -0.39 is 0 Å². The van der Waals surface area contributed by atoms with E-state index in [1.807, 2.05) is 31.2 Å². The van der Waals surface area contributed by atoms with Crippen molar-refractivity contribution in [3.05, 3.63) is 35.4 Å². The summed E-state index contributed by atoms with van der Waals surface area (Å²) < 4.78 is 0. The van der Waals surface area contributed by atoms with Gasteiger partial charge in [-0.1, -0.05) is 17.7 Å². The number of carbonyl (C=O) groups is 1. The smallest absolute Gasteiger partial charge is 0.251 e. The molecule has 0 radical (unpaired) electrons. The zero-order valence-corrected chi connectivity index (χ0v) is 11.5. The van der Waals surface area contributed by atoms with Crippen LogP contribution in [0.5, 0.6) is 0 Å². The lowest BCUT2D eigenvalue weighted by molar-refractivity contribution is 0.0876. The second-order valence-corrected chi connectivity index (χ2v) is 6.50. The number of amides is 1. The van der Waals surface area contributed by atoms with Crippen LogP contribution in [0.25, 0.3) is 0 Å². The van der Waals surface area contributed by atoms with Gasteiger partial charge >= 0.3 is 0 Å². The summed E-state index contributed by atoms with van der Waals surface area (Å²) in [6, 6.07) is 7.77. The number of rotatable bonds is 2. The fourth-order valence-corrected chi connectivity index (χ4v) is 3.81. The Morgan fingerprint density at radius 2 is 2.11 bits per heavy atom. The van der Waals surface area contributed by atoms with Gasteiger partial charge in [0, 0.05) is 16.6 Å².